The number of rotatable bonds is 9. The van der Waals surface area contributed by atoms with Crippen LogP contribution in [0.5, 0.6) is 0 Å². The van der Waals surface area contributed by atoms with Gasteiger partial charge in [0.15, 0.2) is 0 Å². The van der Waals surface area contributed by atoms with Crippen molar-refractivity contribution in [2.45, 2.75) is 96.9 Å². The lowest BCUT2D eigenvalue weighted by Gasteiger charge is -2.20. The van der Waals surface area contributed by atoms with Crippen LogP contribution in [0.4, 0.5) is 0 Å². The van der Waals surface area contributed by atoms with Crippen LogP contribution in [-0.2, 0) is 0 Å². The number of aliphatic hydroxyl groups is 4. The van der Waals surface area contributed by atoms with Crippen molar-refractivity contribution in [1.82, 2.24) is 0 Å². The smallest absolute Gasteiger partial charge is 0.0616 e. The van der Waals surface area contributed by atoms with Crippen molar-refractivity contribution in [3.63, 3.8) is 0 Å². The van der Waals surface area contributed by atoms with Crippen LogP contribution in [0.25, 0.3) is 0 Å². The Labute approximate surface area is 124 Å². The largest absolute Gasteiger partial charge is 0.396 e. The van der Waals surface area contributed by atoms with Gasteiger partial charge in [-0.1, -0.05) is 26.2 Å². The molecule has 0 amide bonds. The molecular weight excluding hydrogens is 256 g/mol. The Morgan fingerprint density at radius 1 is 0.900 bits per heavy atom. The van der Waals surface area contributed by atoms with Crippen molar-refractivity contribution in [3.8, 4) is 0 Å². The fourth-order valence-electron chi connectivity index (χ4n) is 1.86. The zero-order valence-corrected chi connectivity index (χ0v) is 14.0. The van der Waals surface area contributed by atoms with E-state index >= 15 is 0 Å². The van der Waals surface area contributed by atoms with E-state index in [1.807, 2.05) is 20.8 Å². The number of hydrogen-bond donors (Lipinski definition) is 4. The molecule has 0 radical (unpaired) electrons. The Balaban J connectivity index is 0. The van der Waals surface area contributed by atoms with Gasteiger partial charge in [0.2, 0.25) is 0 Å². The minimum absolute atomic E-state index is 0.270. The third-order valence-corrected chi connectivity index (χ3v) is 2.80. The molecule has 0 aliphatic carbocycles. The minimum atomic E-state index is -0.728. The molecule has 0 aliphatic rings. The second kappa shape index (κ2) is 11.5. The van der Waals surface area contributed by atoms with Gasteiger partial charge < -0.3 is 20.4 Å². The van der Waals surface area contributed by atoms with Gasteiger partial charge in [-0.05, 0) is 47.0 Å². The molecule has 0 aromatic heterocycles. The van der Waals surface area contributed by atoms with E-state index in [0.717, 1.165) is 38.5 Å². The Hall–Kier alpha value is -0.160. The van der Waals surface area contributed by atoms with Crippen molar-refractivity contribution < 1.29 is 20.4 Å². The summed E-state index contributed by atoms with van der Waals surface area (Å²) >= 11 is 0. The van der Waals surface area contributed by atoms with Crippen LogP contribution in [0, 0.1) is 0 Å². The minimum Gasteiger partial charge on any atom is -0.396 e. The topological polar surface area (TPSA) is 80.9 Å². The number of aliphatic hydroxyl groups excluding tert-OH is 2. The van der Waals surface area contributed by atoms with Crippen molar-refractivity contribution in [2.75, 3.05) is 6.61 Å². The normalized spacial score (nSPS) is 13.7. The van der Waals surface area contributed by atoms with Crippen molar-refractivity contribution in [2.24, 2.45) is 0 Å². The van der Waals surface area contributed by atoms with E-state index in [1.165, 1.54) is 0 Å². The fourth-order valence-corrected chi connectivity index (χ4v) is 1.86. The van der Waals surface area contributed by atoms with Gasteiger partial charge in [0, 0.05) is 13.0 Å². The van der Waals surface area contributed by atoms with Crippen molar-refractivity contribution >= 4 is 0 Å². The summed E-state index contributed by atoms with van der Waals surface area (Å²) in [6.45, 7) is 9.34. The van der Waals surface area contributed by atoms with Crippen molar-refractivity contribution in [3.05, 3.63) is 0 Å². The van der Waals surface area contributed by atoms with E-state index in [-0.39, 0.29) is 12.7 Å². The molecule has 0 aliphatic heterocycles. The third-order valence-electron chi connectivity index (χ3n) is 2.80. The van der Waals surface area contributed by atoms with Gasteiger partial charge in [0.25, 0.3) is 0 Å². The number of hydrogen-bond acceptors (Lipinski definition) is 4. The van der Waals surface area contributed by atoms with Gasteiger partial charge in [-0.3, -0.25) is 0 Å². The SMILES string of the molecule is CC(C)(O)CCCCCO.CCCC(O)CC(C)(C)O. The first-order valence-corrected chi connectivity index (χ1v) is 7.75. The molecule has 0 saturated carbocycles. The molecule has 4 heteroatoms. The highest BCUT2D eigenvalue weighted by molar-refractivity contribution is 4.70. The van der Waals surface area contributed by atoms with Gasteiger partial charge in [0.1, 0.15) is 0 Å². The van der Waals surface area contributed by atoms with E-state index < -0.39 is 11.2 Å². The maximum Gasteiger partial charge on any atom is 0.0616 e. The summed E-state index contributed by atoms with van der Waals surface area (Å²) in [6, 6.07) is 0. The average molecular weight is 292 g/mol. The first-order chi connectivity index (χ1) is 9.02. The highest BCUT2D eigenvalue weighted by atomic mass is 16.3. The third kappa shape index (κ3) is 23.0. The molecule has 0 rings (SSSR count). The van der Waals surface area contributed by atoms with E-state index in [2.05, 4.69) is 0 Å². The number of unbranched alkanes of at least 4 members (excludes halogenated alkanes) is 2. The Morgan fingerprint density at radius 3 is 1.80 bits per heavy atom. The summed E-state index contributed by atoms with van der Waals surface area (Å²) in [5.74, 6) is 0. The highest BCUT2D eigenvalue weighted by Gasteiger charge is 2.17. The second-order valence-electron chi connectivity index (χ2n) is 6.81. The maximum atomic E-state index is 9.25. The van der Waals surface area contributed by atoms with Crippen LogP contribution >= 0.6 is 0 Å². The first kappa shape index (κ1) is 22.1. The summed E-state index contributed by atoms with van der Waals surface area (Å²) in [5.41, 5.74) is -1.26. The van der Waals surface area contributed by atoms with Gasteiger partial charge in [-0.2, -0.15) is 0 Å². The molecular formula is C16H36O4. The summed E-state index contributed by atoms with van der Waals surface area (Å²) in [6.07, 6.45) is 5.58. The lowest BCUT2D eigenvalue weighted by Crippen LogP contribution is -2.25. The molecule has 1 atom stereocenters. The average Bonchev–Trinajstić information content (AvgIpc) is 2.22. The molecule has 20 heavy (non-hydrogen) atoms. The van der Waals surface area contributed by atoms with Gasteiger partial charge in [-0.15, -0.1) is 0 Å². The summed E-state index contributed by atoms with van der Waals surface area (Å²) < 4.78 is 0. The summed E-state index contributed by atoms with van der Waals surface area (Å²) in [4.78, 5) is 0. The molecule has 4 nitrogen and oxygen atoms in total. The van der Waals surface area contributed by atoms with Gasteiger partial charge in [-0.25, -0.2) is 0 Å². The monoisotopic (exact) mass is 292 g/mol. The van der Waals surface area contributed by atoms with E-state index in [1.54, 1.807) is 13.8 Å². The zero-order chi connectivity index (χ0) is 16.2. The molecule has 0 saturated heterocycles. The van der Waals surface area contributed by atoms with E-state index in [0.29, 0.717) is 6.42 Å². The standard InChI is InChI=1S/2C8H18O2/c1-8(2,10)6-4-3-5-7-9;1-4-5-7(9)6-8(2,3)10/h9-10H,3-7H2,1-2H3;7,9-10H,4-6H2,1-3H3. The van der Waals surface area contributed by atoms with Crippen molar-refractivity contribution in [1.29, 1.82) is 0 Å². The van der Waals surface area contributed by atoms with Crippen LogP contribution in [0.3, 0.4) is 0 Å². The molecule has 0 spiro atoms. The zero-order valence-electron chi connectivity index (χ0n) is 14.0. The Kier molecular flexibility index (Phi) is 12.7. The summed E-state index contributed by atoms with van der Waals surface area (Å²) in [5, 5.41) is 36.2. The summed E-state index contributed by atoms with van der Waals surface area (Å²) in [7, 11) is 0. The lowest BCUT2D eigenvalue weighted by atomic mass is 9.99. The lowest BCUT2D eigenvalue weighted by molar-refractivity contribution is 0.0157. The van der Waals surface area contributed by atoms with Gasteiger partial charge in [0.05, 0.1) is 17.3 Å². The molecule has 0 heterocycles. The highest BCUT2D eigenvalue weighted by Crippen LogP contribution is 2.13. The van der Waals surface area contributed by atoms with E-state index in [4.69, 9.17) is 5.11 Å². The Morgan fingerprint density at radius 2 is 1.45 bits per heavy atom. The maximum absolute atomic E-state index is 9.25. The van der Waals surface area contributed by atoms with Crippen LogP contribution in [0.2, 0.25) is 0 Å². The van der Waals surface area contributed by atoms with E-state index in [9.17, 15) is 15.3 Å². The Bertz CT molecular complexity index is 204. The van der Waals surface area contributed by atoms with Crippen LogP contribution in [-0.4, -0.2) is 44.3 Å². The second-order valence-corrected chi connectivity index (χ2v) is 6.81. The molecule has 1 unspecified atom stereocenters. The quantitative estimate of drug-likeness (QED) is 0.492. The van der Waals surface area contributed by atoms with Crippen LogP contribution < -0.4 is 0 Å². The fraction of sp³-hybridized carbons (Fsp3) is 1.00. The molecule has 0 aromatic carbocycles. The van der Waals surface area contributed by atoms with Crippen LogP contribution in [0.15, 0.2) is 0 Å². The molecule has 0 bridgehead atoms. The molecule has 0 aromatic rings. The predicted molar refractivity (Wildman–Crippen MR) is 83.7 cm³/mol. The van der Waals surface area contributed by atoms with Gasteiger partial charge >= 0.3 is 0 Å². The predicted octanol–water partition coefficient (Wildman–Crippen LogP) is 2.62. The molecule has 4 N–H and O–H groups in total. The first-order valence-electron chi connectivity index (χ1n) is 7.75. The van der Waals surface area contributed by atoms with Crippen LogP contribution in [0.1, 0.15) is 79.6 Å². The molecule has 0 fully saturated rings. The molecule has 124 valence electrons.